The first-order valence-corrected chi connectivity index (χ1v) is 8.84. The van der Waals surface area contributed by atoms with E-state index in [0.717, 1.165) is 14.5 Å². The summed E-state index contributed by atoms with van der Waals surface area (Å²) in [6.45, 7) is 4.00. The van der Waals surface area contributed by atoms with Crippen molar-refractivity contribution in [3.63, 3.8) is 0 Å². The molecule has 0 saturated heterocycles. The van der Waals surface area contributed by atoms with Crippen molar-refractivity contribution in [3.05, 3.63) is 69.1 Å². The summed E-state index contributed by atoms with van der Waals surface area (Å²) in [5.74, 6) is 0.729. The van der Waals surface area contributed by atoms with Crippen LogP contribution in [0.1, 0.15) is 15.9 Å². The second kappa shape index (κ2) is 9.39. The highest BCUT2D eigenvalue weighted by molar-refractivity contribution is 9.10. The second-order valence-corrected chi connectivity index (χ2v) is 6.66. The lowest BCUT2D eigenvalue weighted by atomic mass is 10.2. The number of halogens is 2. The number of hydrogen-bond donors (Lipinski definition) is 1. The van der Waals surface area contributed by atoms with Crippen LogP contribution in [-0.2, 0) is 0 Å². The lowest BCUT2D eigenvalue weighted by molar-refractivity contribution is 0.0952. The Kier molecular flexibility index (Phi) is 7.21. The van der Waals surface area contributed by atoms with Crippen molar-refractivity contribution in [1.29, 1.82) is 0 Å². The van der Waals surface area contributed by atoms with E-state index in [4.69, 9.17) is 9.47 Å². The first-order chi connectivity index (χ1) is 12.0. The fourth-order valence-corrected chi connectivity index (χ4v) is 2.72. The van der Waals surface area contributed by atoms with E-state index in [9.17, 15) is 4.79 Å². The maximum atomic E-state index is 12.3. The van der Waals surface area contributed by atoms with E-state index >= 15 is 0 Å². The molecule has 0 fully saturated rings. The van der Waals surface area contributed by atoms with Gasteiger partial charge in [-0.05, 0) is 36.4 Å². The van der Waals surface area contributed by atoms with Crippen LogP contribution in [0.4, 0.5) is 0 Å². The molecule has 0 heterocycles. The Balaban J connectivity index is 2.15. The standard InChI is InChI=1S/C18H16Br2N2O3/c1-3-8-25-16-6-4-13(19)9-12(16)11-21-22-18(23)15-10-14(20)5-7-17(15)24-2/h3-7,9-11H,1,8H2,2H3,(H,22,23)/b21-11-. The SMILES string of the molecule is C=CCOc1ccc(Br)cc1/C=N\NC(=O)c1cc(Br)ccc1OC. The van der Waals surface area contributed by atoms with Crippen LogP contribution in [0.3, 0.4) is 0 Å². The minimum atomic E-state index is -0.377. The molecule has 5 nitrogen and oxygen atoms in total. The zero-order valence-electron chi connectivity index (χ0n) is 13.5. The molecule has 2 rings (SSSR count). The van der Waals surface area contributed by atoms with Crippen LogP contribution in [0.2, 0.25) is 0 Å². The molecule has 0 aliphatic heterocycles. The van der Waals surface area contributed by atoms with E-state index in [1.54, 1.807) is 24.3 Å². The highest BCUT2D eigenvalue weighted by Crippen LogP contribution is 2.23. The molecule has 0 saturated carbocycles. The minimum absolute atomic E-state index is 0.377. The number of methoxy groups -OCH3 is 1. The minimum Gasteiger partial charge on any atom is -0.496 e. The first kappa shape index (κ1) is 19.2. The number of nitrogens with one attached hydrogen (secondary N) is 1. The number of nitrogens with zero attached hydrogens (tertiary/aromatic N) is 1. The molecular weight excluding hydrogens is 452 g/mol. The van der Waals surface area contributed by atoms with E-state index in [1.165, 1.54) is 13.3 Å². The van der Waals surface area contributed by atoms with Crippen molar-refractivity contribution in [3.8, 4) is 11.5 Å². The molecule has 0 unspecified atom stereocenters. The fourth-order valence-electron chi connectivity index (χ4n) is 1.98. The number of amides is 1. The Labute approximate surface area is 163 Å². The Morgan fingerprint density at radius 1 is 1.20 bits per heavy atom. The Bertz CT molecular complexity index is 807. The molecule has 0 spiro atoms. The van der Waals surface area contributed by atoms with Crippen LogP contribution < -0.4 is 14.9 Å². The molecule has 2 aromatic rings. The molecule has 2 aromatic carbocycles. The lowest BCUT2D eigenvalue weighted by Crippen LogP contribution is -2.18. The van der Waals surface area contributed by atoms with Gasteiger partial charge in [0.15, 0.2) is 0 Å². The Morgan fingerprint density at radius 2 is 1.88 bits per heavy atom. The van der Waals surface area contributed by atoms with E-state index in [2.05, 4.69) is 49.0 Å². The smallest absolute Gasteiger partial charge is 0.275 e. The van der Waals surface area contributed by atoms with Crippen molar-refractivity contribution in [2.24, 2.45) is 5.10 Å². The third-order valence-electron chi connectivity index (χ3n) is 3.10. The summed E-state index contributed by atoms with van der Waals surface area (Å²) in [6.07, 6.45) is 3.18. The fraction of sp³-hybridized carbons (Fsp3) is 0.111. The van der Waals surface area contributed by atoms with Crippen molar-refractivity contribution >= 4 is 44.0 Å². The molecule has 130 valence electrons. The predicted molar refractivity (Wildman–Crippen MR) is 106 cm³/mol. The zero-order chi connectivity index (χ0) is 18.2. The highest BCUT2D eigenvalue weighted by atomic mass is 79.9. The number of carbonyl (C=O) groups is 1. The van der Waals surface area contributed by atoms with Gasteiger partial charge in [0.1, 0.15) is 18.1 Å². The number of hydrazone groups is 1. The van der Waals surface area contributed by atoms with Gasteiger partial charge < -0.3 is 9.47 Å². The summed E-state index contributed by atoms with van der Waals surface area (Å²) >= 11 is 6.74. The van der Waals surface area contributed by atoms with Gasteiger partial charge >= 0.3 is 0 Å². The molecule has 0 radical (unpaired) electrons. The molecule has 0 aromatic heterocycles. The molecule has 0 bridgehead atoms. The van der Waals surface area contributed by atoms with E-state index in [0.29, 0.717) is 23.7 Å². The maximum Gasteiger partial charge on any atom is 0.275 e. The van der Waals surface area contributed by atoms with Crippen LogP contribution in [0.25, 0.3) is 0 Å². The lowest BCUT2D eigenvalue weighted by Gasteiger charge is -2.08. The molecular formula is C18H16Br2N2O3. The van der Waals surface area contributed by atoms with Gasteiger partial charge in [-0.2, -0.15) is 5.10 Å². The largest absolute Gasteiger partial charge is 0.496 e. The summed E-state index contributed by atoms with van der Waals surface area (Å²) in [5, 5.41) is 4.01. The van der Waals surface area contributed by atoms with Gasteiger partial charge in [-0.15, -0.1) is 0 Å². The molecule has 0 aliphatic carbocycles. The van der Waals surface area contributed by atoms with Gasteiger partial charge in [0.25, 0.3) is 5.91 Å². The van der Waals surface area contributed by atoms with Gasteiger partial charge in [-0.1, -0.05) is 44.5 Å². The van der Waals surface area contributed by atoms with Gasteiger partial charge in [0, 0.05) is 14.5 Å². The van der Waals surface area contributed by atoms with Crippen LogP contribution in [0, 0.1) is 0 Å². The summed E-state index contributed by atoms with van der Waals surface area (Å²) in [6, 6.07) is 10.7. The number of carbonyl (C=O) groups excluding carboxylic acids is 1. The number of rotatable bonds is 7. The van der Waals surface area contributed by atoms with Crippen molar-refractivity contribution in [2.45, 2.75) is 0 Å². The zero-order valence-corrected chi connectivity index (χ0v) is 16.6. The topological polar surface area (TPSA) is 59.9 Å². The quantitative estimate of drug-likeness (QED) is 0.369. The number of ether oxygens (including phenoxy) is 2. The van der Waals surface area contributed by atoms with Gasteiger partial charge in [0.2, 0.25) is 0 Å². The number of benzene rings is 2. The number of hydrogen-bond acceptors (Lipinski definition) is 4. The van der Waals surface area contributed by atoms with Crippen molar-refractivity contribution in [1.82, 2.24) is 5.43 Å². The summed E-state index contributed by atoms with van der Waals surface area (Å²) in [7, 11) is 1.51. The third kappa shape index (κ3) is 5.44. The molecule has 1 N–H and O–H groups in total. The van der Waals surface area contributed by atoms with Crippen LogP contribution >= 0.6 is 31.9 Å². The average molecular weight is 468 g/mol. The van der Waals surface area contributed by atoms with Crippen LogP contribution in [-0.4, -0.2) is 25.8 Å². The van der Waals surface area contributed by atoms with E-state index in [-0.39, 0.29) is 5.91 Å². The summed E-state index contributed by atoms with van der Waals surface area (Å²) < 4.78 is 12.4. The molecule has 0 aliphatic rings. The summed E-state index contributed by atoms with van der Waals surface area (Å²) in [4.78, 5) is 12.3. The predicted octanol–water partition coefficient (Wildman–Crippen LogP) is 4.55. The molecule has 1 amide bonds. The maximum absolute atomic E-state index is 12.3. The first-order valence-electron chi connectivity index (χ1n) is 7.25. The van der Waals surface area contributed by atoms with Crippen molar-refractivity contribution < 1.29 is 14.3 Å². The highest BCUT2D eigenvalue weighted by Gasteiger charge is 2.12. The van der Waals surface area contributed by atoms with Gasteiger partial charge in [-0.25, -0.2) is 5.43 Å². The third-order valence-corrected chi connectivity index (χ3v) is 4.09. The normalized spacial score (nSPS) is 10.5. The second-order valence-electron chi connectivity index (χ2n) is 4.83. The van der Waals surface area contributed by atoms with E-state index in [1.807, 2.05) is 18.2 Å². The molecule has 0 atom stereocenters. The Morgan fingerprint density at radius 3 is 2.56 bits per heavy atom. The molecule has 25 heavy (non-hydrogen) atoms. The van der Waals surface area contributed by atoms with Crippen molar-refractivity contribution in [2.75, 3.05) is 13.7 Å². The summed E-state index contributed by atoms with van der Waals surface area (Å²) in [5.41, 5.74) is 3.59. The monoisotopic (exact) mass is 466 g/mol. The molecule has 7 heteroatoms. The average Bonchev–Trinajstić information content (AvgIpc) is 2.61. The van der Waals surface area contributed by atoms with Gasteiger partial charge in [-0.3, -0.25) is 4.79 Å². The van der Waals surface area contributed by atoms with Crippen LogP contribution in [0.15, 0.2) is 63.1 Å². The van der Waals surface area contributed by atoms with Crippen LogP contribution in [0.5, 0.6) is 11.5 Å². The van der Waals surface area contributed by atoms with Gasteiger partial charge in [0.05, 0.1) is 18.9 Å². The van der Waals surface area contributed by atoms with E-state index < -0.39 is 0 Å². The Hall–Kier alpha value is -2.12.